The van der Waals surface area contributed by atoms with Crippen LogP contribution in [0.2, 0.25) is 0 Å². The van der Waals surface area contributed by atoms with Crippen molar-refractivity contribution < 1.29 is 9.47 Å². The third kappa shape index (κ3) is 4.73. The number of nitrogens with two attached hydrogens (primary N) is 1. The molecule has 0 aromatic carbocycles. The smallest absolute Gasteiger partial charge is 0.0704 e. The Morgan fingerprint density at radius 1 is 1.30 bits per heavy atom. The summed E-state index contributed by atoms with van der Waals surface area (Å²) in [5.74, 6) is 0. The Balaban J connectivity index is 3.13. The average Bonchev–Trinajstić information content (AvgIpc) is 1.88. The number of hydrogen-bond acceptors (Lipinski definition) is 3. The third-order valence-corrected chi connectivity index (χ3v) is 1.41. The van der Waals surface area contributed by atoms with Gasteiger partial charge in [0, 0.05) is 13.2 Å². The fourth-order valence-corrected chi connectivity index (χ4v) is 0.469. The minimum atomic E-state index is 0.0943. The molecule has 2 atom stereocenters. The van der Waals surface area contributed by atoms with Crippen LogP contribution < -0.4 is 5.73 Å². The minimum Gasteiger partial charge on any atom is -0.382 e. The molecule has 0 amide bonds. The Hall–Kier alpha value is -0.120. The summed E-state index contributed by atoms with van der Waals surface area (Å²) < 4.78 is 10.1. The molecule has 3 nitrogen and oxygen atoms in total. The quantitative estimate of drug-likeness (QED) is 0.572. The van der Waals surface area contributed by atoms with Crippen molar-refractivity contribution in [3.8, 4) is 0 Å². The van der Waals surface area contributed by atoms with Crippen LogP contribution in [0, 0.1) is 0 Å². The summed E-state index contributed by atoms with van der Waals surface area (Å²) in [6.07, 6.45) is 0.121. The zero-order valence-electron chi connectivity index (χ0n) is 6.96. The SMILES string of the molecule is COCCOC(C)C(C)N. The predicted octanol–water partition coefficient (Wildman–Crippen LogP) is 0.385. The van der Waals surface area contributed by atoms with Gasteiger partial charge in [-0.05, 0) is 13.8 Å². The molecule has 0 rings (SSSR count). The van der Waals surface area contributed by atoms with Crippen LogP contribution in [0.3, 0.4) is 0 Å². The van der Waals surface area contributed by atoms with Gasteiger partial charge in [0.05, 0.1) is 19.3 Å². The van der Waals surface area contributed by atoms with Gasteiger partial charge in [0.1, 0.15) is 0 Å². The Morgan fingerprint density at radius 3 is 2.30 bits per heavy atom. The van der Waals surface area contributed by atoms with Crippen LogP contribution in [-0.2, 0) is 9.47 Å². The number of rotatable bonds is 5. The second-order valence-electron chi connectivity index (χ2n) is 2.43. The van der Waals surface area contributed by atoms with E-state index in [9.17, 15) is 0 Å². The van der Waals surface area contributed by atoms with Crippen LogP contribution in [0.1, 0.15) is 13.8 Å². The summed E-state index contributed by atoms with van der Waals surface area (Å²) in [7, 11) is 1.65. The van der Waals surface area contributed by atoms with Crippen LogP contribution in [0.5, 0.6) is 0 Å². The number of hydrogen-bond donors (Lipinski definition) is 1. The Labute approximate surface area is 62.5 Å². The van der Waals surface area contributed by atoms with Gasteiger partial charge in [-0.1, -0.05) is 0 Å². The van der Waals surface area contributed by atoms with E-state index in [0.29, 0.717) is 13.2 Å². The maximum absolute atomic E-state index is 5.55. The Bertz CT molecular complexity index is 76.0. The molecule has 10 heavy (non-hydrogen) atoms. The summed E-state index contributed by atoms with van der Waals surface area (Å²) >= 11 is 0. The molecular weight excluding hydrogens is 130 g/mol. The molecule has 0 aromatic rings. The van der Waals surface area contributed by atoms with Crippen molar-refractivity contribution in [2.24, 2.45) is 5.73 Å². The van der Waals surface area contributed by atoms with Crippen LogP contribution >= 0.6 is 0 Å². The molecular formula is C7H17NO2. The minimum absolute atomic E-state index is 0.0943. The summed E-state index contributed by atoms with van der Waals surface area (Å²) in [5.41, 5.74) is 5.55. The molecule has 2 unspecified atom stereocenters. The van der Waals surface area contributed by atoms with Gasteiger partial charge in [-0.25, -0.2) is 0 Å². The van der Waals surface area contributed by atoms with Gasteiger partial charge < -0.3 is 15.2 Å². The summed E-state index contributed by atoms with van der Waals surface area (Å²) in [5, 5.41) is 0. The van der Waals surface area contributed by atoms with E-state index < -0.39 is 0 Å². The zero-order valence-corrected chi connectivity index (χ0v) is 6.96. The first-order chi connectivity index (χ1) is 4.68. The molecule has 0 heterocycles. The van der Waals surface area contributed by atoms with Gasteiger partial charge >= 0.3 is 0 Å². The van der Waals surface area contributed by atoms with Gasteiger partial charge in [-0.2, -0.15) is 0 Å². The maximum Gasteiger partial charge on any atom is 0.0704 e. The van der Waals surface area contributed by atoms with Gasteiger partial charge in [-0.15, -0.1) is 0 Å². The van der Waals surface area contributed by atoms with E-state index in [1.54, 1.807) is 7.11 Å². The van der Waals surface area contributed by atoms with Crippen LogP contribution in [0.25, 0.3) is 0 Å². The molecule has 2 N–H and O–H groups in total. The summed E-state index contributed by atoms with van der Waals surface area (Å²) in [4.78, 5) is 0. The molecule has 0 radical (unpaired) electrons. The topological polar surface area (TPSA) is 44.5 Å². The van der Waals surface area contributed by atoms with Crippen molar-refractivity contribution in [2.75, 3.05) is 20.3 Å². The van der Waals surface area contributed by atoms with E-state index in [-0.39, 0.29) is 12.1 Å². The first kappa shape index (κ1) is 9.88. The fourth-order valence-electron chi connectivity index (χ4n) is 0.469. The second-order valence-corrected chi connectivity index (χ2v) is 2.43. The lowest BCUT2D eigenvalue weighted by atomic mass is 10.2. The molecule has 0 fully saturated rings. The third-order valence-electron chi connectivity index (χ3n) is 1.41. The van der Waals surface area contributed by atoms with E-state index in [0.717, 1.165) is 0 Å². The molecule has 0 spiro atoms. The zero-order chi connectivity index (χ0) is 7.98. The molecule has 0 saturated heterocycles. The van der Waals surface area contributed by atoms with Crippen molar-refractivity contribution in [3.05, 3.63) is 0 Å². The Kier molecular flexibility index (Phi) is 5.58. The highest BCUT2D eigenvalue weighted by atomic mass is 16.5. The van der Waals surface area contributed by atoms with Crippen LogP contribution in [-0.4, -0.2) is 32.5 Å². The largest absolute Gasteiger partial charge is 0.382 e. The number of methoxy groups -OCH3 is 1. The van der Waals surface area contributed by atoms with E-state index in [4.69, 9.17) is 15.2 Å². The predicted molar refractivity (Wildman–Crippen MR) is 40.9 cm³/mol. The molecule has 62 valence electrons. The molecule has 0 aliphatic heterocycles. The van der Waals surface area contributed by atoms with Gasteiger partial charge in [0.15, 0.2) is 0 Å². The molecule has 3 heteroatoms. The Morgan fingerprint density at radius 2 is 1.90 bits per heavy atom. The first-order valence-electron chi connectivity index (χ1n) is 3.54. The van der Waals surface area contributed by atoms with Crippen molar-refractivity contribution in [3.63, 3.8) is 0 Å². The monoisotopic (exact) mass is 147 g/mol. The van der Waals surface area contributed by atoms with E-state index >= 15 is 0 Å². The number of ether oxygens (including phenoxy) is 2. The lowest BCUT2D eigenvalue weighted by molar-refractivity contribution is 0.0170. The summed E-state index contributed by atoms with van der Waals surface area (Å²) in [6.45, 7) is 5.15. The molecule has 0 aliphatic rings. The second kappa shape index (κ2) is 5.65. The van der Waals surface area contributed by atoms with Crippen molar-refractivity contribution >= 4 is 0 Å². The average molecular weight is 147 g/mol. The van der Waals surface area contributed by atoms with Gasteiger partial charge in [0.25, 0.3) is 0 Å². The highest BCUT2D eigenvalue weighted by Crippen LogP contribution is 1.93. The standard InChI is InChI=1S/C7H17NO2/c1-6(8)7(2)10-5-4-9-3/h6-7H,4-5,8H2,1-3H3. The van der Waals surface area contributed by atoms with Gasteiger partial charge in [-0.3, -0.25) is 0 Å². The highest BCUT2D eigenvalue weighted by Gasteiger charge is 2.05. The molecule has 0 aliphatic carbocycles. The first-order valence-corrected chi connectivity index (χ1v) is 3.54. The van der Waals surface area contributed by atoms with Crippen molar-refractivity contribution in [2.45, 2.75) is 26.0 Å². The normalized spacial score (nSPS) is 16.8. The van der Waals surface area contributed by atoms with E-state index in [1.165, 1.54) is 0 Å². The molecule has 0 bridgehead atoms. The maximum atomic E-state index is 5.55. The fraction of sp³-hybridized carbons (Fsp3) is 1.00. The van der Waals surface area contributed by atoms with Crippen LogP contribution in [0.4, 0.5) is 0 Å². The van der Waals surface area contributed by atoms with E-state index in [1.807, 2.05) is 13.8 Å². The highest BCUT2D eigenvalue weighted by molar-refractivity contribution is 4.61. The molecule has 0 aromatic heterocycles. The van der Waals surface area contributed by atoms with Crippen molar-refractivity contribution in [1.82, 2.24) is 0 Å². The van der Waals surface area contributed by atoms with E-state index in [2.05, 4.69) is 0 Å². The lowest BCUT2D eigenvalue weighted by Gasteiger charge is -2.15. The lowest BCUT2D eigenvalue weighted by Crippen LogP contribution is -2.32. The summed E-state index contributed by atoms with van der Waals surface area (Å²) in [6, 6.07) is 0.0943. The van der Waals surface area contributed by atoms with Crippen molar-refractivity contribution in [1.29, 1.82) is 0 Å². The van der Waals surface area contributed by atoms with Gasteiger partial charge in [0.2, 0.25) is 0 Å². The molecule has 0 saturated carbocycles. The van der Waals surface area contributed by atoms with Crippen LogP contribution in [0.15, 0.2) is 0 Å².